The molecule has 0 bridgehead atoms. The minimum atomic E-state index is 0.183. The first-order valence-electron chi connectivity index (χ1n) is 7.40. The smallest absolute Gasteiger partial charge is 0.0605 e. The molecule has 1 aromatic heterocycles. The third-order valence-electron chi connectivity index (χ3n) is 4.30. The van der Waals surface area contributed by atoms with Crippen LogP contribution in [-0.4, -0.2) is 0 Å². The van der Waals surface area contributed by atoms with Crippen LogP contribution in [0.5, 0.6) is 0 Å². The Balaban J connectivity index is 1.81. The molecule has 98 valence electrons. The zero-order chi connectivity index (χ0) is 12.4. The van der Waals surface area contributed by atoms with E-state index in [0.29, 0.717) is 0 Å². The zero-order valence-corrected chi connectivity index (χ0v) is 11.9. The summed E-state index contributed by atoms with van der Waals surface area (Å²) in [5.41, 5.74) is 9.54. The third-order valence-corrected chi connectivity index (χ3v) is 5.62. The number of thiophene rings is 1. The Morgan fingerprint density at radius 1 is 1.00 bits per heavy atom. The van der Waals surface area contributed by atoms with E-state index in [1.165, 1.54) is 68.2 Å². The average Bonchev–Trinajstić information content (AvgIpc) is 2.70. The van der Waals surface area contributed by atoms with Gasteiger partial charge in [0.05, 0.1) is 6.04 Å². The fraction of sp³-hybridized carbons (Fsp3) is 0.625. The second-order valence-corrected chi connectivity index (χ2v) is 6.83. The Kier molecular flexibility index (Phi) is 3.86. The van der Waals surface area contributed by atoms with Gasteiger partial charge in [0, 0.05) is 9.75 Å². The van der Waals surface area contributed by atoms with Crippen LogP contribution < -0.4 is 5.73 Å². The van der Waals surface area contributed by atoms with Crippen LogP contribution in [-0.2, 0) is 12.8 Å². The zero-order valence-electron chi connectivity index (χ0n) is 11.1. The Morgan fingerprint density at radius 3 is 2.67 bits per heavy atom. The predicted octanol–water partition coefficient (Wildman–Crippen LogP) is 4.52. The second-order valence-electron chi connectivity index (χ2n) is 5.66. The van der Waals surface area contributed by atoms with Crippen molar-refractivity contribution in [3.63, 3.8) is 0 Å². The number of hydrogen-bond donors (Lipinski definition) is 1. The van der Waals surface area contributed by atoms with E-state index in [1.807, 2.05) is 11.3 Å². The summed E-state index contributed by atoms with van der Waals surface area (Å²) < 4.78 is 0. The molecule has 1 heterocycles. The highest BCUT2D eigenvalue weighted by molar-refractivity contribution is 7.12. The molecule has 0 spiro atoms. The van der Waals surface area contributed by atoms with Crippen molar-refractivity contribution in [2.24, 2.45) is 5.73 Å². The van der Waals surface area contributed by atoms with Crippen molar-refractivity contribution >= 4 is 11.3 Å². The van der Waals surface area contributed by atoms with Crippen molar-refractivity contribution in [3.05, 3.63) is 33.0 Å². The topological polar surface area (TPSA) is 26.0 Å². The minimum Gasteiger partial charge on any atom is -0.320 e. The van der Waals surface area contributed by atoms with Crippen LogP contribution in [0.4, 0.5) is 0 Å². The molecule has 2 aliphatic carbocycles. The van der Waals surface area contributed by atoms with E-state index in [2.05, 4.69) is 12.1 Å². The lowest BCUT2D eigenvalue weighted by Gasteiger charge is -2.18. The molecule has 0 aromatic carbocycles. The van der Waals surface area contributed by atoms with Crippen LogP contribution in [0.2, 0.25) is 0 Å². The van der Waals surface area contributed by atoms with Gasteiger partial charge in [-0.05, 0) is 63.0 Å². The summed E-state index contributed by atoms with van der Waals surface area (Å²) in [7, 11) is 0. The van der Waals surface area contributed by atoms with Crippen LogP contribution in [0.3, 0.4) is 0 Å². The van der Waals surface area contributed by atoms with Gasteiger partial charge in [-0.3, -0.25) is 0 Å². The van der Waals surface area contributed by atoms with Gasteiger partial charge in [-0.1, -0.05) is 18.1 Å². The monoisotopic (exact) mass is 261 g/mol. The third kappa shape index (κ3) is 2.55. The Morgan fingerprint density at radius 2 is 1.83 bits per heavy atom. The first-order valence-corrected chi connectivity index (χ1v) is 8.22. The Labute approximate surface area is 114 Å². The molecule has 0 fully saturated rings. The Hall–Kier alpha value is -0.600. The fourth-order valence-corrected chi connectivity index (χ4v) is 4.47. The number of aryl methyl sites for hydroxylation is 2. The fourth-order valence-electron chi connectivity index (χ4n) is 3.17. The molecular weight excluding hydrogens is 238 g/mol. The molecule has 3 rings (SSSR count). The summed E-state index contributed by atoms with van der Waals surface area (Å²) in [5.74, 6) is 0. The average molecular weight is 261 g/mol. The summed E-state index contributed by atoms with van der Waals surface area (Å²) >= 11 is 1.98. The summed E-state index contributed by atoms with van der Waals surface area (Å²) in [6, 6.07) is 2.59. The highest BCUT2D eigenvalue weighted by Crippen LogP contribution is 2.36. The molecule has 2 heteroatoms. The van der Waals surface area contributed by atoms with Crippen molar-refractivity contribution in [1.82, 2.24) is 0 Å². The van der Waals surface area contributed by atoms with E-state index in [1.54, 1.807) is 10.4 Å². The lowest BCUT2D eigenvalue weighted by atomic mass is 9.93. The highest BCUT2D eigenvalue weighted by Gasteiger charge is 2.19. The maximum atomic E-state index is 6.46. The van der Waals surface area contributed by atoms with E-state index in [4.69, 9.17) is 5.73 Å². The van der Waals surface area contributed by atoms with E-state index < -0.39 is 0 Å². The number of hydrogen-bond acceptors (Lipinski definition) is 2. The van der Waals surface area contributed by atoms with Gasteiger partial charge in [0.2, 0.25) is 0 Å². The summed E-state index contributed by atoms with van der Waals surface area (Å²) in [6.45, 7) is 0. The van der Waals surface area contributed by atoms with Gasteiger partial charge in [-0.15, -0.1) is 11.3 Å². The van der Waals surface area contributed by atoms with E-state index in [0.717, 1.165) is 0 Å². The number of fused-ring (bicyclic) bond motifs is 1. The van der Waals surface area contributed by atoms with Crippen molar-refractivity contribution in [2.45, 2.75) is 63.8 Å². The van der Waals surface area contributed by atoms with Gasteiger partial charge >= 0.3 is 0 Å². The largest absolute Gasteiger partial charge is 0.320 e. The van der Waals surface area contributed by atoms with Crippen molar-refractivity contribution < 1.29 is 0 Å². The van der Waals surface area contributed by atoms with Crippen LogP contribution in [0.15, 0.2) is 17.7 Å². The summed E-state index contributed by atoms with van der Waals surface area (Å²) in [6.07, 6.45) is 14.2. The van der Waals surface area contributed by atoms with Gasteiger partial charge in [0.25, 0.3) is 0 Å². The van der Waals surface area contributed by atoms with Crippen LogP contribution in [0.1, 0.15) is 66.3 Å². The first kappa shape index (κ1) is 12.4. The lowest BCUT2D eigenvalue weighted by Crippen LogP contribution is -2.13. The Bertz CT molecular complexity index is 420. The number of nitrogens with two attached hydrogens (primary N) is 1. The first-order chi connectivity index (χ1) is 8.84. The molecule has 1 unspecified atom stereocenters. The van der Waals surface area contributed by atoms with Crippen LogP contribution in [0.25, 0.3) is 0 Å². The molecule has 0 saturated heterocycles. The van der Waals surface area contributed by atoms with E-state index in [9.17, 15) is 0 Å². The van der Waals surface area contributed by atoms with E-state index in [-0.39, 0.29) is 6.04 Å². The van der Waals surface area contributed by atoms with E-state index >= 15 is 0 Å². The molecule has 2 aliphatic rings. The summed E-state index contributed by atoms with van der Waals surface area (Å²) in [5, 5.41) is 0. The molecule has 2 N–H and O–H groups in total. The molecule has 1 atom stereocenters. The van der Waals surface area contributed by atoms with Gasteiger partial charge in [-0.2, -0.15) is 0 Å². The normalized spacial score (nSPS) is 21.9. The van der Waals surface area contributed by atoms with Crippen molar-refractivity contribution in [1.29, 1.82) is 0 Å². The quantitative estimate of drug-likeness (QED) is 0.615. The maximum absolute atomic E-state index is 6.46. The molecule has 1 aromatic rings. The molecule has 18 heavy (non-hydrogen) atoms. The van der Waals surface area contributed by atoms with Gasteiger partial charge in [0.1, 0.15) is 0 Å². The molecule has 0 amide bonds. The molecule has 0 saturated carbocycles. The SMILES string of the molecule is NC(C1=CCCCC1)c1cc2c(s1)CCCCC2. The van der Waals surface area contributed by atoms with Gasteiger partial charge in [-0.25, -0.2) is 0 Å². The number of allylic oxidation sites excluding steroid dienone is 1. The predicted molar refractivity (Wildman–Crippen MR) is 79.1 cm³/mol. The standard InChI is InChI=1S/C16H23NS/c17-16(12-7-3-1-4-8-12)15-11-13-9-5-2-6-10-14(13)18-15/h7,11,16H,1-6,8-10,17H2. The van der Waals surface area contributed by atoms with Gasteiger partial charge in [0.15, 0.2) is 0 Å². The van der Waals surface area contributed by atoms with Crippen LogP contribution in [0, 0.1) is 0 Å². The van der Waals surface area contributed by atoms with Crippen LogP contribution >= 0.6 is 11.3 Å². The summed E-state index contributed by atoms with van der Waals surface area (Å²) in [4.78, 5) is 3.03. The van der Waals surface area contributed by atoms with Gasteiger partial charge < -0.3 is 5.73 Å². The number of rotatable bonds is 2. The van der Waals surface area contributed by atoms with Crippen molar-refractivity contribution in [2.75, 3.05) is 0 Å². The molecule has 0 aliphatic heterocycles. The lowest BCUT2D eigenvalue weighted by molar-refractivity contribution is 0.652. The minimum absolute atomic E-state index is 0.183. The second kappa shape index (κ2) is 5.58. The highest BCUT2D eigenvalue weighted by atomic mass is 32.1. The molecule has 1 nitrogen and oxygen atoms in total. The van der Waals surface area contributed by atoms with Crippen molar-refractivity contribution in [3.8, 4) is 0 Å². The molecular formula is C16H23NS. The maximum Gasteiger partial charge on any atom is 0.0605 e. The molecule has 0 radical (unpaired) electrons.